The van der Waals surface area contributed by atoms with E-state index in [2.05, 4.69) is 0 Å². The highest BCUT2D eigenvalue weighted by molar-refractivity contribution is 5.82. The maximum absolute atomic E-state index is 12.4. The van der Waals surface area contributed by atoms with E-state index < -0.39 is 6.04 Å². The van der Waals surface area contributed by atoms with Crippen LogP contribution in [0.1, 0.15) is 49.3 Å². The first kappa shape index (κ1) is 15.0. The maximum atomic E-state index is 12.4. The van der Waals surface area contributed by atoms with Crippen molar-refractivity contribution in [3.8, 4) is 0 Å². The van der Waals surface area contributed by atoms with E-state index in [0.29, 0.717) is 5.92 Å². The molecule has 0 aliphatic heterocycles. The number of aryl methyl sites for hydroxylation is 1. The van der Waals surface area contributed by atoms with Crippen LogP contribution < -0.4 is 5.73 Å². The average molecular weight is 274 g/mol. The number of likely N-dealkylation sites (N-methyl/N-ethyl adjacent to an activating group) is 1. The summed E-state index contributed by atoms with van der Waals surface area (Å²) in [7, 11) is 1.88. The van der Waals surface area contributed by atoms with E-state index in [1.807, 2.05) is 43.1 Å². The normalized spacial score (nSPS) is 17.8. The topological polar surface area (TPSA) is 46.3 Å². The van der Waals surface area contributed by atoms with Crippen LogP contribution in [0.2, 0.25) is 0 Å². The number of carbonyl (C=O) groups is 1. The Balaban J connectivity index is 1.93. The summed E-state index contributed by atoms with van der Waals surface area (Å²) in [6.45, 7) is 2.88. The molecule has 3 heteroatoms. The molecule has 2 N–H and O–H groups in total. The third kappa shape index (κ3) is 3.83. The van der Waals surface area contributed by atoms with Crippen LogP contribution in [0.5, 0.6) is 0 Å². The number of nitrogens with zero attached hydrogens (tertiary/aromatic N) is 1. The molecular weight excluding hydrogens is 248 g/mol. The molecule has 1 aromatic rings. The Morgan fingerprint density at radius 2 is 1.85 bits per heavy atom. The quantitative estimate of drug-likeness (QED) is 0.917. The fourth-order valence-electron chi connectivity index (χ4n) is 3.00. The molecule has 1 unspecified atom stereocenters. The first-order chi connectivity index (χ1) is 9.58. The summed E-state index contributed by atoms with van der Waals surface area (Å²) in [4.78, 5) is 14.2. The second-order valence-electron chi connectivity index (χ2n) is 6.11. The van der Waals surface area contributed by atoms with Crippen molar-refractivity contribution >= 4 is 5.91 Å². The Kier molecular flexibility index (Phi) is 5.18. The Labute approximate surface area is 122 Å². The zero-order valence-corrected chi connectivity index (χ0v) is 12.6. The molecule has 0 saturated heterocycles. The summed E-state index contributed by atoms with van der Waals surface area (Å²) in [5.41, 5.74) is 8.19. The lowest BCUT2D eigenvalue weighted by atomic mass is 9.89. The van der Waals surface area contributed by atoms with Gasteiger partial charge >= 0.3 is 0 Å². The highest BCUT2D eigenvalue weighted by Crippen LogP contribution is 2.25. The van der Waals surface area contributed by atoms with Gasteiger partial charge in [0.25, 0.3) is 0 Å². The van der Waals surface area contributed by atoms with Crippen molar-refractivity contribution in [2.45, 2.75) is 45.1 Å². The van der Waals surface area contributed by atoms with Crippen LogP contribution in [-0.4, -0.2) is 24.4 Å². The van der Waals surface area contributed by atoms with Gasteiger partial charge in [-0.15, -0.1) is 0 Å². The minimum atomic E-state index is -0.538. The highest BCUT2D eigenvalue weighted by atomic mass is 16.2. The molecule has 0 aromatic heterocycles. The molecule has 20 heavy (non-hydrogen) atoms. The number of rotatable bonds is 4. The van der Waals surface area contributed by atoms with Crippen LogP contribution in [0.3, 0.4) is 0 Å². The van der Waals surface area contributed by atoms with Crippen LogP contribution in [0.25, 0.3) is 0 Å². The summed E-state index contributed by atoms with van der Waals surface area (Å²) in [6, 6.07) is 7.37. The van der Waals surface area contributed by atoms with E-state index in [4.69, 9.17) is 5.73 Å². The van der Waals surface area contributed by atoms with Crippen molar-refractivity contribution in [2.75, 3.05) is 13.6 Å². The second kappa shape index (κ2) is 6.89. The Morgan fingerprint density at radius 1 is 1.25 bits per heavy atom. The van der Waals surface area contributed by atoms with Crippen molar-refractivity contribution < 1.29 is 4.79 Å². The summed E-state index contributed by atoms with van der Waals surface area (Å²) in [5.74, 6) is 0.683. The van der Waals surface area contributed by atoms with E-state index in [1.165, 1.54) is 37.7 Å². The maximum Gasteiger partial charge on any atom is 0.243 e. The molecule has 1 aromatic carbocycles. The number of hydrogen-bond acceptors (Lipinski definition) is 2. The van der Waals surface area contributed by atoms with Crippen molar-refractivity contribution in [2.24, 2.45) is 11.7 Å². The number of carbonyl (C=O) groups excluding carboxylic acids is 1. The van der Waals surface area contributed by atoms with Crippen molar-refractivity contribution in [1.82, 2.24) is 4.90 Å². The van der Waals surface area contributed by atoms with Crippen LogP contribution in [0.4, 0.5) is 0 Å². The molecule has 0 radical (unpaired) electrons. The molecule has 110 valence electrons. The molecule has 1 atom stereocenters. The molecular formula is C17H26N2O. The Morgan fingerprint density at radius 3 is 2.45 bits per heavy atom. The molecule has 0 heterocycles. The zero-order chi connectivity index (χ0) is 14.5. The molecule has 1 saturated carbocycles. The van der Waals surface area contributed by atoms with Crippen molar-refractivity contribution in [1.29, 1.82) is 0 Å². The molecule has 0 bridgehead atoms. The fourth-order valence-corrected chi connectivity index (χ4v) is 3.00. The fraction of sp³-hybridized carbons (Fsp3) is 0.588. The third-order valence-electron chi connectivity index (χ3n) is 4.34. The van der Waals surface area contributed by atoms with Gasteiger partial charge in [0.15, 0.2) is 0 Å². The van der Waals surface area contributed by atoms with Crippen LogP contribution >= 0.6 is 0 Å². The Bertz CT molecular complexity index is 435. The largest absolute Gasteiger partial charge is 0.344 e. The number of benzene rings is 1. The highest BCUT2D eigenvalue weighted by Gasteiger charge is 2.23. The summed E-state index contributed by atoms with van der Waals surface area (Å²) in [5, 5.41) is 0. The van der Waals surface area contributed by atoms with Crippen LogP contribution in [-0.2, 0) is 4.79 Å². The molecule has 1 aliphatic carbocycles. The summed E-state index contributed by atoms with van der Waals surface area (Å²) < 4.78 is 0. The monoisotopic (exact) mass is 274 g/mol. The van der Waals surface area contributed by atoms with E-state index in [1.54, 1.807) is 0 Å². The molecule has 2 rings (SSSR count). The van der Waals surface area contributed by atoms with Crippen LogP contribution in [0.15, 0.2) is 24.3 Å². The predicted octanol–water partition coefficient (Wildman–Crippen LogP) is 3.03. The lowest BCUT2D eigenvalue weighted by Gasteiger charge is -2.28. The van der Waals surface area contributed by atoms with E-state index in [-0.39, 0.29) is 5.91 Å². The SMILES string of the molecule is Cc1ccc(C(N)C(=O)N(C)CC2CCCCC2)cc1. The molecule has 1 fully saturated rings. The van der Waals surface area contributed by atoms with Gasteiger partial charge in [0, 0.05) is 13.6 Å². The number of nitrogens with two attached hydrogens (primary N) is 1. The van der Waals surface area contributed by atoms with Gasteiger partial charge in [0.2, 0.25) is 5.91 Å². The zero-order valence-electron chi connectivity index (χ0n) is 12.6. The predicted molar refractivity (Wildman–Crippen MR) is 82.3 cm³/mol. The number of hydrogen-bond donors (Lipinski definition) is 1. The third-order valence-corrected chi connectivity index (χ3v) is 4.34. The number of amides is 1. The van der Waals surface area contributed by atoms with E-state index in [0.717, 1.165) is 12.1 Å². The molecule has 1 amide bonds. The van der Waals surface area contributed by atoms with E-state index >= 15 is 0 Å². The van der Waals surface area contributed by atoms with E-state index in [9.17, 15) is 4.79 Å². The molecule has 3 nitrogen and oxygen atoms in total. The lowest BCUT2D eigenvalue weighted by Crippen LogP contribution is -2.39. The van der Waals surface area contributed by atoms with Gasteiger partial charge in [-0.05, 0) is 31.2 Å². The lowest BCUT2D eigenvalue weighted by molar-refractivity contribution is -0.132. The van der Waals surface area contributed by atoms with Gasteiger partial charge < -0.3 is 10.6 Å². The van der Waals surface area contributed by atoms with Gasteiger partial charge in [-0.3, -0.25) is 4.79 Å². The molecule has 0 spiro atoms. The smallest absolute Gasteiger partial charge is 0.243 e. The van der Waals surface area contributed by atoms with Crippen molar-refractivity contribution in [3.05, 3.63) is 35.4 Å². The summed E-state index contributed by atoms with van der Waals surface area (Å²) >= 11 is 0. The minimum absolute atomic E-state index is 0.0272. The first-order valence-corrected chi connectivity index (χ1v) is 7.65. The van der Waals surface area contributed by atoms with Gasteiger partial charge in [-0.1, -0.05) is 49.1 Å². The van der Waals surface area contributed by atoms with Gasteiger partial charge in [0.05, 0.1) is 0 Å². The standard InChI is InChI=1S/C17H26N2O/c1-13-8-10-15(11-9-13)16(18)17(20)19(2)12-14-6-4-3-5-7-14/h8-11,14,16H,3-7,12,18H2,1-2H3. The second-order valence-corrected chi connectivity index (χ2v) is 6.11. The Hall–Kier alpha value is -1.35. The van der Waals surface area contributed by atoms with Gasteiger partial charge in [-0.2, -0.15) is 0 Å². The summed E-state index contributed by atoms with van der Waals surface area (Å²) in [6.07, 6.45) is 6.44. The van der Waals surface area contributed by atoms with Gasteiger partial charge in [-0.25, -0.2) is 0 Å². The van der Waals surface area contributed by atoms with Crippen LogP contribution in [0, 0.1) is 12.8 Å². The van der Waals surface area contributed by atoms with Crippen molar-refractivity contribution in [3.63, 3.8) is 0 Å². The molecule has 1 aliphatic rings. The average Bonchev–Trinajstić information content (AvgIpc) is 2.47. The van der Waals surface area contributed by atoms with Gasteiger partial charge in [0.1, 0.15) is 6.04 Å². The minimum Gasteiger partial charge on any atom is -0.344 e. The first-order valence-electron chi connectivity index (χ1n) is 7.65.